The second-order valence-corrected chi connectivity index (χ2v) is 9.02. The lowest BCUT2D eigenvalue weighted by Crippen LogP contribution is -2.61. The van der Waals surface area contributed by atoms with Crippen LogP contribution in [0.1, 0.15) is 38.5 Å². The summed E-state index contributed by atoms with van der Waals surface area (Å²) >= 11 is -0.0873. The van der Waals surface area contributed by atoms with E-state index in [0.29, 0.717) is 18.3 Å². The van der Waals surface area contributed by atoms with Crippen LogP contribution in [0.15, 0.2) is 12.7 Å². The molecule has 1 heterocycles. The van der Waals surface area contributed by atoms with Gasteiger partial charge < -0.3 is 5.32 Å². The van der Waals surface area contributed by atoms with Crippen molar-refractivity contribution in [2.75, 3.05) is 12.3 Å². The zero-order chi connectivity index (χ0) is 17.7. The fourth-order valence-electron chi connectivity index (χ4n) is 5.72. The summed E-state index contributed by atoms with van der Waals surface area (Å²) in [4.78, 5) is 17.0. The number of nitrogens with one attached hydrogen (secondary N) is 1. The summed E-state index contributed by atoms with van der Waals surface area (Å²) in [6.45, 7) is 0.0520. The zero-order valence-corrected chi connectivity index (χ0v) is 14.6. The molecule has 2 unspecified atom stereocenters. The van der Waals surface area contributed by atoms with Gasteiger partial charge in [-0.3, -0.25) is 4.79 Å². The molecule has 4 fully saturated rings. The third-order valence-electron chi connectivity index (χ3n) is 6.07. The summed E-state index contributed by atoms with van der Waals surface area (Å²) in [7, 11) is 0. The number of carbonyl (C=O) groups is 1. The van der Waals surface area contributed by atoms with Gasteiger partial charge in [-0.05, 0) is 62.1 Å². The third-order valence-corrected chi connectivity index (χ3v) is 6.81. The molecule has 5 nitrogen and oxygen atoms in total. The van der Waals surface area contributed by atoms with Crippen molar-refractivity contribution in [3.63, 3.8) is 0 Å². The van der Waals surface area contributed by atoms with E-state index < -0.39 is 10.9 Å². The van der Waals surface area contributed by atoms with Crippen molar-refractivity contribution in [1.82, 2.24) is 20.1 Å². The van der Waals surface area contributed by atoms with Crippen LogP contribution >= 0.6 is 11.8 Å². The molecule has 0 saturated heterocycles. The van der Waals surface area contributed by atoms with E-state index in [9.17, 15) is 18.0 Å². The molecule has 0 aliphatic heterocycles. The van der Waals surface area contributed by atoms with Crippen LogP contribution in [-0.2, 0) is 10.3 Å². The molecular formula is C16H21F3N4OS. The van der Waals surface area contributed by atoms with Crippen LogP contribution in [-0.4, -0.2) is 38.5 Å². The number of carbonyl (C=O) groups excluding carboxylic acids is 1. The summed E-state index contributed by atoms with van der Waals surface area (Å²) in [6.07, 6.45) is 8.86. The monoisotopic (exact) mass is 374 g/mol. The van der Waals surface area contributed by atoms with Crippen molar-refractivity contribution in [3.8, 4) is 0 Å². The van der Waals surface area contributed by atoms with E-state index in [2.05, 4.69) is 15.4 Å². The normalized spacial score (nSPS) is 36.6. The second kappa shape index (κ2) is 5.89. The zero-order valence-electron chi connectivity index (χ0n) is 13.8. The fraction of sp³-hybridized carbons (Fsp3) is 0.812. The third kappa shape index (κ3) is 3.15. The number of alkyl halides is 3. The van der Waals surface area contributed by atoms with Gasteiger partial charge in [-0.25, -0.2) is 9.67 Å². The first-order chi connectivity index (χ1) is 11.8. The van der Waals surface area contributed by atoms with E-state index in [0.717, 1.165) is 32.1 Å². The van der Waals surface area contributed by atoms with Gasteiger partial charge >= 0.3 is 5.51 Å². The van der Waals surface area contributed by atoms with Crippen LogP contribution in [0, 0.1) is 17.3 Å². The molecule has 4 aliphatic rings. The second-order valence-electron chi connectivity index (χ2n) is 7.86. The Hall–Kier alpha value is -1.25. The molecule has 5 rings (SSSR count). The summed E-state index contributed by atoms with van der Waals surface area (Å²) in [5.41, 5.74) is -4.86. The number of amides is 1. The van der Waals surface area contributed by atoms with Crippen molar-refractivity contribution in [2.24, 2.45) is 17.3 Å². The largest absolute Gasteiger partial charge is 0.441 e. The SMILES string of the molecule is O=C(NCCSC(F)(F)F)C12C[C@H]3C[C@@H](C1)CC(n1cncn1)(C3)C2. The molecule has 1 N–H and O–H groups in total. The van der Waals surface area contributed by atoms with E-state index in [-0.39, 0.29) is 35.5 Å². The van der Waals surface area contributed by atoms with E-state index in [1.807, 2.05) is 4.68 Å². The van der Waals surface area contributed by atoms with Crippen molar-refractivity contribution in [1.29, 1.82) is 0 Å². The molecule has 1 aromatic heterocycles. The van der Waals surface area contributed by atoms with Gasteiger partial charge in [-0.1, -0.05) is 0 Å². The summed E-state index contributed by atoms with van der Waals surface area (Å²) in [5, 5.41) is 7.11. The Morgan fingerprint density at radius 2 is 2.00 bits per heavy atom. The molecule has 0 radical (unpaired) electrons. The number of halogens is 3. The van der Waals surface area contributed by atoms with Crippen LogP contribution < -0.4 is 5.32 Å². The van der Waals surface area contributed by atoms with E-state index in [4.69, 9.17) is 0 Å². The van der Waals surface area contributed by atoms with Crippen molar-refractivity contribution < 1.29 is 18.0 Å². The number of hydrogen-bond acceptors (Lipinski definition) is 4. The summed E-state index contributed by atoms with van der Waals surface area (Å²) < 4.78 is 38.6. The van der Waals surface area contributed by atoms with Crippen molar-refractivity contribution >= 4 is 17.7 Å². The van der Waals surface area contributed by atoms with Gasteiger partial charge in [0.1, 0.15) is 12.7 Å². The summed E-state index contributed by atoms with van der Waals surface area (Å²) in [6, 6.07) is 0. The Bertz CT molecular complexity index is 634. The molecule has 4 bridgehead atoms. The lowest BCUT2D eigenvalue weighted by atomic mass is 9.46. The first kappa shape index (κ1) is 17.2. The van der Waals surface area contributed by atoms with Crippen molar-refractivity contribution in [3.05, 3.63) is 12.7 Å². The fourth-order valence-corrected chi connectivity index (χ4v) is 6.16. The highest BCUT2D eigenvalue weighted by Crippen LogP contribution is 2.64. The van der Waals surface area contributed by atoms with Gasteiger partial charge in [0.15, 0.2) is 0 Å². The highest BCUT2D eigenvalue weighted by Gasteiger charge is 2.61. The Kier molecular flexibility index (Phi) is 4.05. The Morgan fingerprint density at radius 1 is 1.28 bits per heavy atom. The minimum atomic E-state index is -4.25. The van der Waals surface area contributed by atoms with Crippen LogP contribution in [0.2, 0.25) is 0 Å². The molecule has 25 heavy (non-hydrogen) atoms. The van der Waals surface area contributed by atoms with Crippen LogP contribution in [0.3, 0.4) is 0 Å². The first-order valence-electron chi connectivity index (χ1n) is 8.64. The predicted octanol–water partition coefficient (Wildman–Crippen LogP) is 2.94. The predicted molar refractivity (Wildman–Crippen MR) is 86.6 cm³/mol. The number of aromatic nitrogens is 3. The molecule has 0 aromatic carbocycles. The Morgan fingerprint density at radius 3 is 2.60 bits per heavy atom. The maximum Gasteiger partial charge on any atom is 0.441 e. The quantitative estimate of drug-likeness (QED) is 0.805. The first-order valence-corrected chi connectivity index (χ1v) is 9.63. The number of nitrogens with zero attached hydrogens (tertiary/aromatic N) is 3. The number of hydrogen-bond donors (Lipinski definition) is 1. The molecule has 1 aromatic rings. The highest BCUT2D eigenvalue weighted by atomic mass is 32.2. The molecule has 4 aliphatic carbocycles. The van der Waals surface area contributed by atoms with Gasteiger partial charge in [0.05, 0.1) is 11.0 Å². The van der Waals surface area contributed by atoms with Crippen LogP contribution in [0.25, 0.3) is 0 Å². The maximum absolute atomic E-state index is 12.9. The number of rotatable bonds is 5. The molecule has 138 valence electrons. The standard InChI is InChI=1S/C16H21F3N4OS/c17-16(18,19)25-2-1-21-13(24)14-4-11-3-12(5-14)7-15(6-11,8-14)23-10-20-9-22-23/h9-12H,1-8H2,(H,21,24)/t11-,12+,14?,15?. The van der Waals surface area contributed by atoms with Crippen molar-refractivity contribution in [2.45, 2.75) is 49.6 Å². The van der Waals surface area contributed by atoms with Gasteiger partial charge in [0.25, 0.3) is 0 Å². The Labute approximate surface area is 148 Å². The van der Waals surface area contributed by atoms with Gasteiger partial charge in [-0.15, -0.1) is 0 Å². The number of thioether (sulfide) groups is 1. The van der Waals surface area contributed by atoms with Gasteiger partial charge in [-0.2, -0.15) is 18.3 Å². The smallest absolute Gasteiger partial charge is 0.355 e. The summed E-state index contributed by atoms with van der Waals surface area (Å²) in [5.74, 6) is 0.752. The van der Waals surface area contributed by atoms with Crippen LogP contribution in [0.5, 0.6) is 0 Å². The molecule has 0 spiro atoms. The lowest BCUT2D eigenvalue weighted by molar-refractivity contribution is -0.155. The van der Waals surface area contributed by atoms with Gasteiger partial charge in [0, 0.05) is 12.3 Å². The molecule has 4 atom stereocenters. The molecule has 9 heteroatoms. The average molecular weight is 374 g/mol. The molecule has 4 saturated carbocycles. The highest BCUT2D eigenvalue weighted by molar-refractivity contribution is 8.00. The molecular weight excluding hydrogens is 353 g/mol. The van der Waals surface area contributed by atoms with E-state index in [1.165, 1.54) is 6.33 Å². The van der Waals surface area contributed by atoms with Crippen LogP contribution in [0.4, 0.5) is 13.2 Å². The lowest BCUT2D eigenvalue weighted by Gasteiger charge is -2.60. The topological polar surface area (TPSA) is 59.8 Å². The minimum Gasteiger partial charge on any atom is -0.355 e. The van der Waals surface area contributed by atoms with E-state index >= 15 is 0 Å². The van der Waals surface area contributed by atoms with Gasteiger partial charge in [0.2, 0.25) is 5.91 Å². The minimum absolute atomic E-state index is 0.0520. The van der Waals surface area contributed by atoms with E-state index in [1.54, 1.807) is 6.33 Å². The average Bonchev–Trinajstić information content (AvgIpc) is 3.04. The Balaban J connectivity index is 1.47. The molecule has 1 amide bonds. The maximum atomic E-state index is 12.9.